The standard InChI is InChI=1S/C17H25N3O/c1-2-14-5-3-6-15(11-14)19-16(21)20-10-4-7-17(13-20)8-9-18-12-17/h3,5-6,11,18H,2,4,7-10,12-13H2,1H3,(H,19,21)/t17-/m1/s1. The van der Waals surface area contributed by atoms with Gasteiger partial charge in [0.25, 0.3) is 0 Å². The summed E-state index contributed by atoms with van der Waals surface area (Å²) < 4.78 is 0. The lowest BCUT2D eigenvalue weighted by Crippen LogP contribution is -2.48. The second kappa shape index (κ2) is 6.06. The van der Waals surface area contributed by atoms with Crippen LogP contribution >= 0.6 is 0 Å². The Morgan fingerprint density at radius 3 is 3.10 bits per heavy atom. The fraction of sp³-hybridized carbons (Fsp3) is 0.588. The Hall–Kier alpha value is -1.55. The second-order valence-electron chi connectivity index (χ2n) is 6.44. The topological polar surface area (TPSA) is 44.4 Å². The van der Waals surface area contributed by atoms with Crippen molar-refractivity contribution in [2.75, 3.05) is 31.5 Å². The maximum atomic E-state index is 12.5. The molecular formula is C17H25N3O. The number of carbonyl (C=O) groups excluding carboxylic acids is 1. The lowest BCUT2D eigenvalue weighted by Gasteiger charge is -2.39. The SMILES string of the molecule is CCc1cccc(NC(=O)N2CCC[C@]3(CCNC3)C2)c1. The number of piperidine rings is 1. The van der Waals surface area contributed by atoms with Crippen LogP contribution in [-0.2, 0) is 6.42 Å². The molecule has 1 aromatic rings. The van der Waals surface area contributed by atoms with Gasteiger partial charge in [0, 0.05) is 30.7 Å². The number of benzene rings is 1. The van der Waals surface area contributed by atoms with Crippen LogP contribution in [0, 0.1) is 5.41 Å². The number of carbonyl (C=O) groups is 1. The lowest BCUT2D eigenvalue weighted by atomic mass is 9.79. The third-order valence-electron chi connectivity index (χ3n) is 4.87. The zero-order valence-corrected chi connectivity index (χ0v) is 12.8. The molecule has 2 fully saturated rings. The van der Waals surface area contributed by atoms with E-state index >= 15 is 0 Å². The van der Waals surface area contributed by atoms with Gasteiger partial charge in [0.05, 0.1) is 0 Å². The molecule has 2 N–H and O–H groups in total. The Morgan fingerprint density at radius 2 is 2.33 bits per heavy atom. The van der Waals surface area contributed by atoms with Gasteiger partial charge < -0.3 is 15.5 Å². The number of aryl methyl sites for hydroxylation is 1. The molecule has 114 valence electrons. The minimum Gasteiger partial charge on any atom is -0.324 e. The largest absolute Gasteiger partial charge is 0.324 e. The summed E-state index contributed by atoms with van der Waals surface area (Å²) in [5.41, 5.74) is 2.48. The van der Waals surface area contributed by atoms with Crippen molar-refractivity contribution in [3.05, 3.63) is 29.8 Å². The smallest absolute Gasteiger partial charge is 0.321 e. The maximum absolute atomic E-state index is 12.5. The summed E-state index contributed by atoms with van der Waals surface area (Å²) in [6.45, 7) is 6.04. The molecule has 0 unspecified atom stereocenters. The highest BCUT2D eigenvalue weighted by molar-refractivity contribution is 5.89. The third kappa shape index (κ3) is 3.21. The van der Waals surface area contributed by atoms with Gasteiger partial charge in [-0.3, -0.25) is 0 Å². The van der Waals surface area contributed by atoms with Gasteiger partial charge in [0.2, 0.25) is 0 Å². The van der Waals surface area contributed by atoms with Crippen LogP contribution in [0.4, 0.5) is 10.5 Å². The first kappa shape index (κ1) is 14.4. The monoisotopic (exact) mass is 287 g/mol. The Bertz CT molecular complexity index is 509. The molecule has 0 aromatic heterocycles. The molecular weight excluding hydrogens is 262 g/mol. The van der Waals surface area contributed by atoms with Gasteiger partial charge in [-0.25, -0.2) is 4.79 Å². The van der Waals surface area contributed by atoms with E-state index in [0.717, 1.165) is 44.7 Å². The molecule has 0 aliphatic carbocycles. The van der Waals surface area contributed by atoms with Gasteiger partial charge in [-0.2, -0.15) is 0 Å². The van der Waals surface area contributed by atoms with Crippen LogP contribution in [0.25, 0.3) is 0 Å². The minimum atomic E-state index is 0.0502. The highest BCUT2D eigenvalue weighted by atomic mass is 16.2. The molecule has 21 heavy (non-hydrogen) atoms. The van der Waals surface area contributed by atoms with Crippen molar-refractivity contribution in [3.8, 4) is 0 Å². The Morgan fingerprint density at radius 1 is 1.43 bits per heavy atom. The predicted octanol–water partition coefficient (Wildman–Crippen LogP) is 2.86. The molecule has 2 aliphatic heterocycles. The minimum absolute atomic E-state index is 0.0502. The lowest BCUT2D eigenvalue weighted by molar-refractivity contribution is 0.125. The van der Waals surface area contributed by atoms with Crippen LogP contribution in [0.1, 0.15) is 31.7 Å². The van der Waals surface area contributed by atoms with E-state index in [-0.39, 0.29) is 6.03 Å². The molecule has 1 aromatic carbocycles. The van der Waals surface area contributed by atoms with Crippen molar-refractivity contribution in [2.24, 2.45) is 5.41 Å². The normalized spacial score (nSPS) is 25.3. The molecule has 2 heterocycles. The van der Waals surface area contributed by atoms with E-state index in [1.165, 1.54) is 18.4 Å². The van der Waals surface area contributed by atoms with Crippen molar-refractivity contribution in [3.63, 3.8) is 0 Å². The van der Waals surface area contributed by atoms with Gasteiger partial charge in [-0.1, -0.05) is 19.1 Å². The van der Waals surface area contributed by atoms with E-state index in [1.807, 2.05) is 17.0 Å². The molecule has 0 radical (unpaired) electrons. The zero-order chi connectivity index (χ0) is 14.7. The first-order chi connectivity index (χ1) is 10.2. The van der Waals surface area contributed by atoms with Crippen LogP contribution in [0.2, 0.25) is 0 Å². The van der Waals surface area contributed by atoms with Crippen molar-refractivity contribution in [2.45, 2.75) is 32.6 Å². The first-order valence-electron chi connectivity index (χ1n) is 8.06. The van der Waals surface area contributed by atoms with E-state index in [2.05, 4.69) is 29.7 Å². The molecule has 0 bridgehead atoms. The number of hydrogen-bond donors (Lipinski definition) is 2. The highest BCUT2D eigenvalue weighted by Crippen LogP contribution is 2.35. The predicted molar refractivity (Wildman–Crippen MR) is 85.6 cm³/mol. The number of anilines is 1. The number of likely N-dealkylation sites (tertiary alicyclic amines) is 1. The van der Waals surface area contributed by atoms with Crippen molar-refractivity contribution < 1.29 is 4.79 Å². The molecule has 4 heteroatoms. The van der Waals surface area contributed by atoms with Crippen LogP contribution < -0.4 is 10.6 Å². The quantitative estimate of drug-likeness (QED) is 0.878. The van der Waals surface area contributed by atoms with E-state index in [9.17, 15) is 4.79 Å². The number of amides is 2. The van der Waals surface area contributed by atoms with Gasteiger partial charge >= 0.3 is 6.03 Å². The molecule has 2 amide bonds. The number of urea groups is 1. The second-order valence-corrected chi connectivity index (χ2v) is 6.44. The summed E-state index contributed by atoms with van der Waals surface area (Å²) in [5, 5.41) is 6.51. The molecule has 3 rings (SSSR count). The van der Waals surface area contributed by atoms with E-state index in [4.69, 9.17) is 0 Å². The first-order valence-corrected chi connectivity index (χ1v) is 8.06. The summed E-state index contributed by atoms with van der Waals surface area (Å²) in [6.07, 6.45) is 4.55. The number of rotatable bonds is 2. The molecule has 2 saturated heterocycles. The molecule has 2 aliphatic rings. The molecule has 1 atom stereocenters. The number of nitrogens with one attached hydrogen (secondary N) is 2. The average molecular weight is 287 g/mol. The summed E-state index contributed by atoms with van der Waals surface area (Å²) in [6, 6.07) is 8.18. The zero-order valence-electron chi connectivity index (χ0n) is 12.8. The van der Waals surface area contributed by atoms with Crippen LogP contribution in [0.5, 0.6) is 0 Å². The van der Waals surface area contributed by atoms with Crippen molar-refractivity contribution >= 4 is 11.7 Å². The third-order valence-corrected chi connectivity index (χ3v) is 4.87. The molecule has 4 nitrogen and oxygen atoms in total. The average Bonchev–Trinajstić information content (AvgIpc) is 2.95. The summed E-state index contributed by atoms with van der Waals surface area (Å²) in [7, 11) is 0. The maximum Gasteiger partial charge on any atom is 0.321 e. The molecule has 0 saturated carbocycles. The fourth-order valence-electron chi connectivity index (χ4n) is 3.60. The van der Waals surface area contributed by atoms with Gasteiger partial charge in [0.15, 0.2) is 0 Å². The van der Waals surface area contributed by atoms with E-state index < -0.39 is 0 Å². The van der Waals surface area contributed by atoms with Gasteiger partial charge in [-0.15, -0.1) is 0 Å². The fourth-order valence-corrected chi connectivity index (χ4v) is 3.60. The Kier molecular flexibility index (Phi) is 4.15. The van der Waals surface area contributed by atoms with E-state index in [1.54, 1.807) is 0 Å². The number of nitrogens with zero attached hydrogens (tertiary/aromatic N) is 1. The summed E-state index contributed by atoms with van der Waals surface area (Å²) in [5.74, 6) is 0. The Balaban J connectivity index is 1.64. The van der Waals surface area contributed by atoms with Gasteiger partial charge in [-0.05, 0) is 49.9 Å². The van der Waals surface area contributed by atoms with E-state index in [0.29, 0.717) is 5.41 Å². The van der Waals surface area contributed by atoms with Crippen LogP contribution in [0.3, 0.4) is 0 Å². The highest BCUT2D eigenvalue weighted by Gasteiger charge is 2.39. The van der Waals surface area contributed by atoms with Crippen LogP contribution in [0.15, 0.2) is 24.3 Å². The summed E-state index contributed by atoms with van der Waals surface area (Å²) >= 11 is 0. The van der Waals surface area contributed by atoms with Gasteiger partial charge in [0.1, 0.15) is 0 Å². The van der Waals surface area contributed by atoms with Crippen molar-refractivity contribution in [1.82, 2.24) is 10.2 Å². The van der Waals surface area contributed by atoms with Crippen molar-refractivity contribution in [1.29, 1.82) is 0 Å². The summed E-state index contributed by atoms with van der Waals surface area (Å²) in [4.78, 5) is 14.5. The van der Waals surface area contributed by atoms with Crippen LogP contribution in [-0.4, -0.2) is 37.1 Å². The Labute approximate surface area is 126 Å². The molecule has 1 spiro atoms. The number of hydrogen-bond acceptors (Lipinski definition) is 2.